The third-order valence-electron chi connectivity index (χ3n) is 3.58. The second-order valence-corrected chi connectivity index (χ2v) is 7.43. The molecule has 0 radical (unpaired) electrons. The van der Waals surface area contributed by atoms with Gasteiger partial charge in [0.1, 0.15) is 5.54 Å². The molecule has 6 nitrogen and oxygen atoms in total. The Hall–Kier alpha value is -2.41. The van der Waals surface area contributed by atoms with Crippen LogP contribution in [0.4, 0.5) is 4.79 Å². The molecule has 0 saturated carbocycles. The number of carbonyl (C=O) groups is 2. The number of hydrogen-bond acceptors (Lipinski definition) is 4. The maximum absolute atomic E-state index is 12.6. The summed E-state index contributed by atoms with van der Waals surface area (Å²) in [7, 11) is -4.23. The molecule has 0 aromatic heterocycles. The minimum atomic E-state index is -4.23. The smallest absolute Gasteiger partial charge is 0.323 e. The van der Waals surface area contributed by atoms with Crippen molar-refractivity contribution in [2.75, 3.05) is 0 Å². The molecular weight excluding hydrogens is 304 g/mol. The van der Waals surface area contributed by atoms with Gasteiger partial charge in [0.25, 0.3) is 15.9 Å². The molecule has 1 N–H and O–H groups in total. The molecule has 114 valence electrons. The molecule has 1 fully saturated rings. The summed E-state index contributed by atoms with van der Waals surface area (Å²) in [6.45, 7) is 2.92. The predicted octanol–water partition coefficient (Wildman–Crippen LogP) is 1.86. The quantitative estimate of drug-likeness (QED) is 0.857. The van der Waals surface area contributed by atoms with E-state index in [9.17, 15) is 18.0 Å². The number of rotatable bonds is 2. The van der Waals surface area contributed by atoms with E-state index in [0.29, 0.717) is 4.31 Å². The maximum atomic E-state index is 12.6. The lowest BCUT2D eigenvalue weighted by atomic mass is 10.1. The number of urea groups is 1. The molecule has 1 heterocycles. The van der Waals surface area contributed by atoms with Crippen LogP contribution in [0.2, 0.25) is 0 Å². The summed E-state index contributed by atoms with van der Waals surface area (Å²) in [4.78, 5) is 24.0. The summed E-state index contributed by atoms with van der Waals surface area (Å²) in [5.41, 5.74) is -1.24. The summed E-state index contributed by atoms with van der Waals surface area (Å²) in [5, 5.41) is 3.96. The van der Waals surface area contributed by atoms with Crippen molar-refractivity contribution in [3.63, 3.8) is 0 Å². The minimum absolute atomic E-state index is 0.0904. The third-order valence-corrected chi connectivity index (χ3v) is 5.24. The van der Waals surface area contributed by atoms with E-state index in [1.54, 1.807) is 18.2 Å². The zero-order valence-electron chi connectivity index (χ0n) is 12.0. The third kappa shape index (κ3) is 2.05. The fourth-order valence-electron chi connectivity index (χ4n) is 2.37. The van der Waals surface area contributed by atoms with Crippen molar-refractivity contribution in [1.29, 1.82) is 0 Å². The van der Waals surface area contributed by atoms with Crippen LogP contribution in [0, 0.1) is 0 Å². The highest BCUT2D eigenvalue weighted by Gasteiger charge is 2.50. The van der Waals surface area contributed by atoms with E-state index in [1.165, 1.54) is 26.0 Å². The summed E-state index contributed by atoms with van der Waals surface area (Å²) in [6, 6.07) is 10.8. The van der Waals surface area contributed by atoms with Gasteiger partial charge in [0.15, 0.2) is 0 Å². The lowest BCUT2D eigenvalue weighted by Gasteiger charge is -2.16. The molecular formula is C15H14N2O4S. The topological polar surface area (TPSA) is 83.6 Å². The number of benzene rings is 2. The van der Waals surface area contributed by atoms with Crippen LogP contribution in [0.5, 0.6) is 0 Å². The van der Waals surface area contributed by atoms with Crippen LogP contribution >= 0.6 is 0 Å². The average molecular weight is 318 g/mol. The molecule has 2 aromatic rings. The molecule has 22 heavy (non-hydrogen) atoms. The standard InChI is InChI=1S/C15H14N2O4S/c1-15(2)13(18)17(14(19)16-15)22(20,21)12-8-7-10-5-3-4-6-11(10)9-12/h3-9H,1-2H3,(H,16,19). The summed E-state index contributed by atoms with van der Waals surface area (Å²) in [6.07, 6.45) is 0. The van der Waals surface area contributed by atoms with Crippen molar-refractivity contribution in [2.24, 2.45) is 0 Å². The van der Waals surface area contributed by atoms with Gasteiger partial charge in [-0.2, -0.15) is 0 Å². The monoisotopic (exact) mass is 318 g/mol. The molecule has 3 rings (SSSR count). The molecule has 1 saturated heterocycles. The van der Waals surface area contributed by atoms with Gasteiger partial charge in [0, 0.05) is 0 Å². The number of sulfonamides is 1. The Morgan fingerprint density at radius 2 is 1.64 bits per heavy atom. The zero-order valence-corrected chi connectivity index (χ0v) is 12.8. The van der Waals surface area contributed by atoms with E-state index in [4.69, 9.17) is 0 Å². The van der Waals surface area contributed by atoms with Crippen LogP contribution in [-0.2, 0) is 14.8 Å². The molecule has 1 aliphatic heterocycles. The van der Waals surface area contributed by atoms with Crippen molar-refractivity contribution in [2.45, 2.75) is 24.3 Å². The molecule has 2 aromatic carbocycles. The van der Waals surface area contributed by atoms with Crippen molar-refractivity contribution in [1.82, 2.24) is 9.62 Å². The molecule has 0 atom stereocenters. The van der Waals surface area contributed by atoms with Gasteiger partial charge < -0.3 is 5.32 Å². The molecule has 0 unspecified atom stereocenters. The van der Waals surface area contributed by atoms with E-state index in [0.717, 1.165) is 10.8 Å². The van der Waals surface area contributed by atoms with Crippen LogP contribution in [0.3, 0.4) is 0 Å². The highest BCUT2D eigenvalue weighted by molar-refractivity contribution is 7.90. The summed E-state index contributed by atoms with van der Waals surface area (Å²) < 4.78 is 25.6. The first kappa shape index (κ1) is 14.5. The second kappa shape index (κ2) is 4.54. The molecule has 1 aliphatic rings. The molecule has 0 spiro atoms. The lowest BCUT2D eigenvalue weighted by molar-refractivity contribution is -0.126. The van der Waals surface area contributed by atoms with Gasteiger partial charge in [0.05, 0.1) is 4.90 Å². The molecule has 3 amide bonds. The van der Waals surface area contributed by atoms with Gasteiger partial charge in [-0.25, -0.2) is 13.2 Å². The van der Waals surface area contributed by atoms with Gasteiger partial charge in [-0.15, -0.1) is 4.31 Å². The Morgan fingerprint density at radius 3 is 2.23 bits per heavy atom. The van der Waals surface area contributed by atoms with Crippen molar-refractivity contribution in [3.05, 3.63) is 42.5 Å². The van der Waals surface area contributed by atoms with Gasteiger partial charge in [-0.3, -0.25) is 4.79 Å². The molecule has 7 heteroatoms. The number of imide groups is 1. The highest BCUT2D eigenvalue weighted by atomic mass is 32.2. The lowest BCUT2D eigenvalue weighted by Crippen LogP contribution is -2.41. The first-order chi connectivity index (χ1) is 10.2. The van der Waals surface area contributed by atoms with E-state index >= 15 is 0 Å². The predicted molar refractivity (Wildman–Crippen MR) is 80.6 cm³/mol. The van der Waals surface area contributed by atoms with E-state index in [2.05, 4.69) is 5.32 Å². The normalized spacial score (nSPS) is 17.8. The van der Waals surface area contributed by atoms with Gasteiger partial charge in [-0.05, 0) is 36.8 Å². The van der Waals surface area contributed by atoms with Crippen LogP contribution < -0.4 is 5.32 Å². The maximum Gasteiger partial charge on any atom is 0.339 e. The van der Waals surface area contributed by atoms with Crippen LogP contribution in [0.1, 0.15) is 13.8 Å². The summed E-state index contributed by atoms with van der Waals surface area (Å²) >= 11 is 0. The van der Waals surface area contributed by atoms with E-state index < -0.39 is 27.5 Å². The number of fused-ring (bicyclic) bond motifs is 1. The van der Waals surface area contributed by atoms with Crippen molar-refractivity contribution < 1.29 is 18.0 Å². The second-order valence-electron chi connectivity index (χ2n) is 5.64. The Labute approximate surface area is 127 Å². The van der Waals surface area contributed by atoms with Crippen LogP contribution in [0.25, 0.3) is 10.8 Å². The van der Waals surface area contributed by atoms with E-state index in [1.807, 2.05) is 12.1 Å². The highest BCUT2D eigenvalue weighted by Crippen LogP contribution is 2.27. The number of nitrogens with zero attached hydrogens (tertiary/aromatic N) is 1. The SMILES string of the molecule is CC1(C)NC(=O)N(S(=O)(=O)c2ccc3ccccc3c2)C1=O. The fourth-order valence-corrected chi connectivity index (χ4v) is 3.81. The molecule has 0 bridgehead atoms. The zero-order chi connectivity index (χ0) is 16.1. The van der Waals surface area contributed by atoms with Gasteiger partial charge in [0.2, 0.25) is 0 Å². The van der Waals surface area contributed by atoms with Gasteiger partial charge in [-0.1, -0.05) is 30.3 Å². The van der Waals surface area contributed by atoms with Crippen molar-refractivity contribution in [3.8, 4) is 0 Å². The first-order valence-electron chi connectivity index (χ1n) is 6.64. The van der Waals surface area contributed by atoms with Crippen LogP contribution in [-0.4, -0.2) is 30.2 Å². The first-order valence-corrected chi connectivity index (χ1v) is 8.08. The summed E-state index contributed by atoms with van der Waals surface area (Å²) in [5.74, 6) is -0.786. The Kier molecular flexibility index (Phi) is 3.00. The largest absolute Gasteiger partial charge is 0.339 e. The minimum Gasteiger partial charge on any atom is -0.323 e. The fraction of sp³-hybridized carbons (Fsp3) is 0.200. The average Bonchev–Trinajstić information content (AvgIpc) is 2.66. The number of hydrogen-bond donors (Lipinski definition) is 1. The van der Waals surface area contributed by atoms with E-state index in [-0.39, 0.29) is 4.90 Å². The van der Waals surface area contributed by atoms with Crippen LogP contribution in [0.15, 0.2) is 47.4 Å². The number of nitrogens with one attached hydrogen (secondary N) is 1. The van der Waals surface area contributed by atoms with Gasteiger partial charge >= 0.3 is 6.03 Å². The Morgan fingerprint density at radius 1 is 1.00 bits per heavy atom. The Bertz CT molecular complexity index is 903. The number of amides is 3. The number of carbonyl (C=O) groups excluding carboxylic acids is 2. The van der Waals surface area contributed by atoms with Crippen molar-refractivity contribution >= 4 is 32.7 Å². The molecule has 0 aliphatic carbocycles. The Balaban J connectivity index is 2.12.